The average Bonchev–Trinajstić information content (AvgIpc) is 2.33. The zero-order valence-electron chi connectivity index (χ0n) is 11.9. The van der Waals surface area contributed by atoms with E-state index in [1.54, 1.807) is 13.8 Å². The van der Waals surface area contributed by atoms with Crippen molar-refractivity contribution in [2.75, 3.05) is 19.8 Å². The highest BCUT2D eigenvalue weighted by Crippen LogP contribution is 2.00. The molecule has 0 saturated carbocycles. The van der Waals surface area contributed by atoms with Crippen LogP contribution in [0.3, 0.4) is 0 Å². The van der Waals surface area contributed by atoms with Gasteiger partial charge in [0, 0.05) is 12.7 Å². The molecule has 0 bridgehead atoms. The summed E-state index contributed by atoms with van der Waals surface area (Å²) in [6, 6.07) is 0. The Labute approximate surface area is 113 Å². The molecule has 0 aromatic carbocycles. The van der Waals surface area contributed by atoms with Gasteiger partial charge in [-0.25, -0.2) is 15.0 Å². The van der Waals surface area contributed by atoms with Gasteiger partial charge in [0.05, 0.1) is 13.2 Å². The van der Waals surface area contributed by atoms with Crippen LogP contribution in [-0.4, -0.2) is 31.7 Å². The number of nitrogens with one attached hydrogen (secondary N) is 2. The van der Waals surface area contributed by atoms with E-state index in [0.29, 0.717) is 6.54 Å². The Kier molecular flexibility index (Phi) is 9.16. The van der Waals surface area contributed by atoms with Crippen molar-refractivity contribution in [3.63, 3.8) is 0 Å². The maximum Gasteiger partial charge on any atom is 0.347 e. The summed E-state index contributed by atoms with van der Waals surface area (Å²) >= 11 is 0. The molecule has 19 heavy (non-hydrogen) atoms. The van der Waals surface area contributed by atoms with E-state index >= 15 is 0 Å². The number of esters is 2. The van der Waals surface area contributed by atoms with Crippen LogP contribution >= 0.6 is 0 Å². The van der Waals surface area contributed by atoms with Crippen molar-refractivity contribution in [1.82, 2.24) is 10.9 Å². The van der Waals surface area contributed by atoms with E-state index in [4.69, 9.17) is 9.47 Å². The molecule has 0 aliphatic rings. The molecular weight excluding hydrogens is 248 g/mol. The van der Waals surface area contributed by atoms with Gasteiger partial charge in [-0.15, -0.1) is 0 Å². The molecule has 0 atom stereocenters. The van der Waals surface area contributed by atoms with Gasteiger partial charge in [0.25, 0.3) is 0 Å². The first kappa shape index (κ1) is 17.2. The van der Waals surface area contributed by atoms with E-state index in [1.807, 2.05) is 19.9 Å². The summed E-state index contributed by atoms with van der Waals surface area (Å²) in [5.41, 5.74) is 6.47. The Bertz CT molecular complexity index is 338. The maximum atomic E-state index is 11.6. The molecule has 0 aliphatic heterocycles. The maximum absolute atomic E-state index is 11.6. The molecule has 0 aliphatic carbocycles. The van der Waals surface area contributed by atoms with Crippen LogP contribution in [0.25, 0.3) is 0 Å². The van der Waals surface area contributed by atoms with E-state index in [0.717, 1.165) is 5.57 Å². The number of ether oxygens (including phenoxy) is 2. The van der Waals surface area contributed by atoms with Crippen molar-refractivity contribution in [3.8, 4) is 0 Å². The minimum absolute atomic E-state index is 0.173. The molecule has 6 heteroatoms. The van der Waals surface area contributed by atoms with Crippen molar-refractivity contribution >= 4 is 11.9 Å². The predicted molar refractivity (Wildman–Crippen MR) is 71.9 cm³/mol. The molecule has 6 nitrogen and oxygen atoms in total. The first-order valence-corrected chi connectivity index (χ1v) is 6.19. The fraction of sp³-hybridized carbons (Fsp3) is 0.538. The minimum Gasteiger partial charge on any atom is -0.462 e. The fourth-order valence-electron chi connectivity index (χ4n) is 1.06. The monoisotopic (exact) mass is 270 g/mol. The second-order valence-corrected chi connectivity index (χ2v) is 3.81. The Morgan fingerprint density at radius 1 is 1.05 bits per heavy atom. The van der Waals surface area contributed by atoms with E-state index in [-0.39, 0.29) is 18.8 Å². The van der Waals surface area contributed by atoms with Gasteiger partial charge in [0.1, 0.15) is 0 Å². The molecule has 0 amide bonds. The molecule has 0 rings (SSSR count). The molecule has 108 valence electrons. The van der Waals surface area contributed by atoms with Gasteiger partial charge >= 0.3 is 11.9 Å². The average molecular weight is 270 g/mol. The van der Waals surface area contributed by atoms with Crippen molar-refractivity contribution in [2.45, 2.75) is 27.7 Å². The van der Waals surface area contributed by atoms with Crippen molar-refractivity contribution in [1.29, 1.82) is 0 Å². The topological polar surface area (TPSA) is 76.7 Å². The van der Waals surface area contributed by atoms with Gasteiger partial charge in [-0.3, -0.25) is 0 Å². The van der Waals surface area contributed by atoms with Crippen molar-refractivity contribution in [2.24, 2.45) is 0 Å². The second-order valence-electron chi connectivity index (χ2n) is 3.81. The Balaban J connectivity index is 4.51. The van der Waals surface area contributed by atoms with Gasteiger partial charge in [-0.1, -0.05) is 11.6 Å². The molecule has 0 unspecified atom stereocenters. The highest BCUT2D eigenvalue weighted by atomic mass is 16.6. The van der Waals surface area contributed by atoms with E-state index in [2.05, 4.69) is 10.9 Å². The summed E-state index contributed by atoms with van der Waals surface area (Å²) in [4.78, 5) is 23.1. The van der Waals surface area contributed by atoms with E-state index in [1.165, 1.54) is 6.20 Å². The third kappa shape index (κ3) is 7.99. The van der Waals surface area contributed by atoms with Crippen LogP contribution < -0.4 is 10.9 Å². The lowest BCUT2D eigenvalue weighted by Gasteiger charge is -2.07. The van der Waals surface area contributed by atoms with Crippen LogP contribution in [-0.2, 0) is 19.1 Å². The summed E-state index contributed by atoms with van der Waals surface area (Å²) in [5, 5.41) is 0. The lowest BCUT2D eigenvalue weighted by molar-refractivity contribution is -0.146. The second kappa shape index (κ2) is 10.1. The number of hydrazine groups is 1. The normalized spacial score (nSPS) is 9.26. The Morgan fingerprint density at radius 2 is 1.58 bits per heavy atom. The van der Waals surface area contributed by atoms with Gasteiger partial charge in [0.15, 0.2) is 5.57 Å². The Hall–Kier alpha value is -1.82. The number of allylic oxidation sites excluding steroid dienone is 1. The Morgan fingerprint density at radius 3 is 2.00 bits per heavy atom. The summed E-state index contributed by atoms with van der Waals surface area (Å²) in [6.45, 7) is 8.24. The van der Waals surface area contributed by atoms with Crippen LogP contribution in [0.4, 0.5) is 0 Å². The quantitative estimate of drug-likeness (QED) is 0.131. The van der Waals surface area contributed by atoms with Crippen LogP contribution in [0, 0.1) is 0 Å². The molecule has 2 N–H and O–H groups in total. The zero-order chi connectivity index (χ0) is 14.7. The molecular formula is C13H22N2O4. The molecule has 0 fully saturated rings. The minimum atomic E-state index is -0.711. The SMILES string of the molecule is CCOC(=O)C(=CNNCC=C(C)C)C(=O)OCC. The van der Waals surface area contributed by atoms with Crippen LogP contribution in [0.2, 0.25) is 0 Å². The predicted octanol–water partition coefficient (Wildman–Crippen LogP) is 1.06. The summed E-state index contributed by atoms with van der Waals surface area (Å²) in [5.74, 6) is -1.42. The standard InChI is InChI=1S/C13H22N2O4/c1-5-18-12(16)11(13(17)19-6-2)9-15-14-8-7-10(3)4/h7,9,14-15H,5-6,8H2,1-4H3. The number of hydrogen-bond donors (Lipinski definition) is 2. The molecule has 0 spiro atoms. The largest absolute Gasteiger partial charge is 0.462 e. The van der Waals surface area contributed by atoms with Gasteiger partial charge < -0.3 is 14.9 Å². The number of rotatable bonds is 8. The van der Waals surface area contributed by atoms with Gasteiger partial charge in [-0.2, -0.15) is 0 Å². The number of carbonyl (C=O) groups is 2. The van der Waals surface area contributed by atoms with Crippen molar-refractivity contribution in [3.05, 3.63) is 23.4 Å². The molecule has 0 aromatic rings. The summed E-state index contributed by atoms with van der Waals surface area (Å²) < 4.78 is 9.56. The first-order chi connectivity index (χ1) is 9.02. The van der Waals surface area contributed by atoms with E-state index < -0.39 is 11.9 Å². The third-order valence-electron chi connectivity index (χ3n) is 1.92. The highest BCUT2D eigenvalue weighted by Gasteiger charge is 2.20. The van der Waals surface area contributed by atoms with Crippen molar-refractivity contribution < 1.29 is 19.1 Å². The number of carbonyl (C=O) groups excluding carboxylic acids is 2. The molecule has 0 radical (unpaired) electrons. The lowest BCUT2D eigenvalue weighted by Crippen LogP contribution is -2.30. The fourth-order valence-corrected chi connectivity index (χ4v) is 1.06. The van der Waals surface area contributed by atoms with Gasteiger partial charge in [0.2, 0.25) is 0 Å². The van der Waals surface area contributed by atoms with Crippen LogP contribution in [0.5, 0.6) is 0 Å². The van der Waals surface area contributed by atoms with Gasteiger partial charge in [-0.05, 0) is 27.7 Å². The molecule has 0 aromatic heterocycles. The van der Waals surface area contributed by atoms with Crippen LogP contribution in [0.15, 0.2) is 23.4 Å². The third-order valence-corrected chi connectivity index (χ3v) is 1.92. The summed E-state index contributed by atoms with van der Waals surface area (Å²) in [7, 11) is 0. The smallest absolute Gasteiger partial charge is 0.347 e. The van der Waals surface area contributed by atoms with E-state index in [9.17, 15) is 9.59 Å². The molecule has 0 heterocycles. The molecule has 0 saturated heterocycles. The lowest BCUT2D eigenvalue weighted by atomic mass is 10.3. The van der Waals surface area contributed by atoms with Crippen LogP contribution in [0.1, 0.15) is 27.7 Å². The number of hydrogen-bond acceptors (Lipinski definition) is 6. The highest BCUT2D eigenvalue weighted by molar-refractivity contribution is 6.13. The zero-order valence-corrected chi connectivity index (χ0v) is 11.9. The summed E-state index contributed by atoms with van der Waals surface area (Å²) in [6.07, 6.45) is 3.20. The first-order valence-electron chi connectivity index (χ1n) is 6.19.